The Labute approximate surface area is 294 Å². The minimum absolute atomic E-state index is 0.210. The number of unbranched alkanes of at least 4 members (excludes halogenated alkanes) is 22. The smallest absolute Gasteiger partial charge is 0.462 e. The first kappa shape index (κ1) is 46.5. The third-order valence-electron chi connectivity index (χ3n) is 8.47. The molecule has 0 aromatic carbocycles. The molecule has 0 amide bonds. The Hall–Kier alpha value is -1.47. The summed E-state index contributed by atoms with van der Waals surface area (Å²) in [6.07, 6.45) is 39.0. The number of hydrogen-bond donors (Lipinski definition) is 2. The Balaban J connectivity index is 3.91. The molecule has 0 fully saturated rings. The number of phosphoric acid groups is 1. The zero-order chi connectivity index (χ0) is 35.4. The normalized spacial score (nSPS) is 12.7. The van der Waals surface area contributed by atoms with E-state index in [1.165, 1.54) is 109 Å². The summed E-state index contributed by atoms with van der Waals surface area (Å²) < 4.78 is 26.3. The molecule has 8 nitrogen and oxygen atoms in total. The number of phosphoric ester groups is 1. The second kappa shape index (κ2) is 35.4. The molecule has 0 spiro atoms. The van der Waals surface area contributed by atoms with E-state index in [4.69, 9.17) is 19.3 Å². The zero-order valence-corrected chi connectivity index (χ0v) is 31.8. The SMILES string of the molecule is CCCCC/C=C\C/C=C\CCCCCCCCCCCC(=O)OC(COC(=O)CCCCCCCCCCCCC)COP(=O)(O)O. The van der Waals surface area contributed by atoms with Gasteiger partial charge in [-0.25, -0.2) is 4.57 Å². The van der Waals surface area contributed by atoms with Gasteiger partial charge in [0.1, 0.15) is 6.61 Å². The third kappa shape index (κ3) is 37.4. The van der Waals surface area contributed by atoms with Crippen molar-refractivity contribution in [2.24, 2.45) is 0 Å². The summed E-state index contributed by atoms with van der Waals surface area (Å²) in [6, 6.07) is 0. The molecule has 0 aromatic rings. The number of carbonyl (C=O) groups excluding carboxylic acids is 2. The molecule has 0 saturated heterocycles. The highest BCUT2D eigenvalue weighted by Crippen LogP contribution is 2.36. The van der Waals surface area contributed by atoms with Crippen molar-refractivity contribution in [2.75, 3.05) is 13.2 Å². The number of hydrogen-bond acceptors (Lipinski definition) is 6. The van der Waals surface area contributed by atoms with Gasteiger partial charge in [-0.3, -0.25) is 14.1 Å². The van der Waals surface area contributed by atoms with E-state index in [0.717, 1.165) is 51.4 Å². The van der Waals surface area contributed by atoms with E-state index in [1.54, 1.807) is 0 Å². The van der Waals surface area contributed by atoms with Gasteiger partial charge in [-0.05, 0) is 44.9 Å². The van der Waals surface area contributed by atoms with Gasteiger partial charge in [0.05, 0.1) is 6.61 Å². The quantitative estimate of drug-likeness (QED) is 0.0287. The van der Waals surface area contributed by atoms with E-state index in [-0.39, 0.29) is 19.4 Å². The minimum atomic E-state index is -4.75. The van der Waals surface area contributed by atoms with Gasteiger partial charge in [0.2, 0.25) is 0 Å². The topological polar surface area (TPSA) is 119 Å². The predicted octanol–water partition coefficient (Wildman–Crippen LogP) is 11.6. The maximum atomic E-state index is 12.4. The highest BCUT2D eigenvalue weighted by Gasteiger charge is 2.22. The molecular weight excluding hydrogens is 627 g/mol. The molecule has 0 aliphatic rings. The first-order valence-electron chi connectivity index (χ1n) is 19.6. The molecular formula is C39H73O8P. The zero-order valence-electron chi connectivity index (χ0n) is 30.9. The summed E-state index contributed by atoms with van der Waals surface area (Å²) in [5, 5.41) is 0. The lowest BCUT2D eigenvalue weighted by Crippen LogP contribution is -2.29. The van der Waals surface area contributed by atoms with Gasteiger partial charge in [-0.1, -0.05) is 160 Å². The standard InChI is InChI=1S/C39H73O8P/c1-3-5-7-9-11-13-15-16-17-18-19-20-21-22-24-26-28-30-32-34-39(41)47-37(36-46-48(42,43)44)35-45-38(40)33-31-29-27-25-23-14-12-10-8-6-4-2/h11,13,16-17,37H,3-10,12,14-15,18-36H2,1-2H3,(H2,42,43,44)/b13-11-,17-16-. The molecule has 0 heterocycles. The van der Waals surface area contributed by atoms with E-state index in [0.29, 0.717) is 6.42 Å². The van der Waals surface area contributed by atoms with E-state index in [9.17, 15) is 14.2 Å². The number of allylic oxidation sites excluding steroid dienone is 4. The van der Waals surface area contributed by atoms with Gasteiger partial charge >= 0.3 is 19.8 Å². The van der Waals surface area contributed by atoms with Crippen LogP contribution in [0.5, 0.6) is 0 Å². The van der Waals surface area contributed by atoms with Crippen LogP contribution in [0.3, 0.4) is 0 Å². The van der Waals surface area contributed by atoms with Crippen LogP contribution in [-0.2, 0) is 28.2 Å². The molecule has 0 aromatic heterocycles. The van der Waals surface area contributed by atoms with Crippen LogP contribution >= 0.6 is 7.82 Å². The van der Waals surface area contributed by atoms with Gasteiger partial charge in [-0.15, -0.1) is 0 Å². The maximum Gasteiger partial charge on any atom is 0.469 e. The van der Waals surface area contributed by atoms with Crippen molar-refractivity contribution in [3.05, 3.63) is 24.3 Å². The Morgan fingerprint density at radius 1 is 0.542 bits per heavy atom. The largest absolute Gasteiger partial charge is 0.469 e. The molecule has 1 atom stereocenters. The summed E-state index contributed by atoms with van der Waals surface area (Å²) >= 11 is 0. The number of carbonyl (C=O) groups is 2. The molecule has 0 aliphatic heterocycles. The van der Waals surface area contributed by atoms with Crippen LogP contribution in [0, 0.1) is 0 Å². The summed E-state index contributed by atoms with van der Waals surface area (Å²) in [5.74, 6) is -0.885. The fourth-order valence-electron chi connectivity index (χ4n) is 5.52. The van der Waals surface area contributed by atoms with Crippen molar-refractivity contribution in [1.29, 1.82) is 0 Å². The fourth-order valence-corrected chi connectivity index (χ4v) is 5.88. The van der Waals surface area contributed by atoms with Gasteiger partial charge in [-0.2, -0.15) is 0 Å². The number of ether oxygens (including phenoxy) is 2. The van der Waals surface area contributed by atoms with Crippen LogP contribution in [0.15, 0.2) is 24.3 Å². The van der Waals surface area contributed by atoms with Gasteiger partial charge < -0.3 is 19.3 Å². The molecule has 9 heteroatoms. The van der Waals surface area contributed by atoms with Crippen molar-refractivity contribution >= 4 is 19.8 Å². The van der Waals surface area contributed by atoms with E-state index in [2.05, 4.69) is 42.7 Å². The lowest BCUT2D eigenvalue weighted by atomic mass is 10.1. The summed E-state index contributed by atoms with van der Waals surface area (Å²) in [4.78, 5) is 42.7. The first-order valence-corrected chi connectivity index (χ1v) is 21.2. The lowest BCUT2D eigenvalue weighted by Gasteiger charge is -2.18. The third-order valence-corrected chi connectivity index (χ3v) is 8.96. The van der Waals surface area contributed by atoms with E-state index in [1.807, 2.05) is 0 Å². The highest BCUT2D eigenvalue weighted by molar-refractivity contribution is 7.46. The van der Waals surface area contributed by atoms with Crippen LogP contribution in [0.1, 0.15) is 194 Å². The average molecular weight is 701 g/mol. The van der Waals surface area contributed by atoms with Gasteiger partial charge in [0, 0.05) is 12.8 Å². The van der Waals surface area contributed by atoms with Crippen molar-refractivity contribution in [2.45, 2.75) is 200 Å². The average Bonchev–Trinajstić information content (AvgIpc) is 3.05. The summed E-state index contributed by atoms with van der Waals surface area (Å²) in [6.45, 7) is 3.65. The van der Waals surface area contributed by atoms with Crippen LogP contribution in [-0.4, -0.2) is 41.0 Å². The Kier molecular flexibility index (Phi) is 34.3. The summed E-state index contributed by atoms with van der Waals surface area (Å²) in [5.41, 5.74) is 0. The molecule has 282 valence electrons. The molecule has 0 saturated carbocycles. The molecule has 2 N–H and O–H groups in total. The van der Waals surface area contributed by atoms with E-state index < -0.39 is 32.5 Å². The van der Waals surface area contributed by atoms with Crippen LogP contribution in [0.2, 0.25) is 0 Å². The predicted molar refractivity (Wildman–Crippen MR) is 198 cm³/mol. The Bertz CT molecular complexity index is 838. The van der Waals surface area contributed by atoms with Crippen molar-refractivity contribution in [1.82, 2.24) is 0 Å². The van der Waals surface area contributed by atoms with Gasteiger partial charge in [0.25, 0.3) is 0 Å². The number of esters is 2. The van der Waals surface area contributed by atoms with Crippen LogP contribution < -0.4 is 0 Å². The molecule has 0 bridgehead atoms. The second-order valence-electron chi connectivity index (χ2n) is 13.3. The van der Waals surface area contributed by atoms with E-state index >= 15 is 0 Å². The molecule has 0 rings (SSSR count). The van der Waals surface area contributed by atoms with Crippen LogP contribution in [0.25, 0.3) is 0 Å². The van der Waals surface area contributed by atoms with Crippen molar-refractivity contribution in [3.8, 4) is 0 Å². The number of rotatable bonds is 36. The Morgan fingerprint density at radius 3 is 1.42 bits per heavy atom. The minimum Gasteiger partial charge on any atom is -0.462 e. The van der Waals surface area contributed by atoms with Crippen molar-refractivity contribution < 1.29 is 37.9 Å². The first-order chi connectivity index (χ1) is 23.3. The maximum absolute atomic E-state index is 12.4. The molecule has 48 heavy (non-hydrogen) atoms. The fraction of sp³-hybridized carbons (Fsp3) is 0.846. The summed E-state index contributed by atoms with van der Waals surface area (Å²) in [7, 11) is -4.75. The highest BCUT2D eigenvalue weighted by atomic mass is 31.2. The second-order valence-corrected chi connectivity index (χ2v) is 14.5. The molecule has 1 unspecified atom stereocenters. The molecule has 0 aliphatic carbocycles. The monoisotopic (exact) mass is 701 g/mol. The lowest BCUT2D eigenvalue weighted by molar-refractivity contribution is -0.161. The molecule has 0 radical (unpaired) electrons. The van der Waals surface area contributed by atoms with Crippen LogP contribution in [0.4, 0.5) is 0 Å². The van der Waals surface area contributed by atoms with Crippen molar-refractivity contribution in [3.63, 3.8) is 0 Å². The van der Waals surface area contributed by atoms with Gasteiger partial charge in [0.15, 0.2) is 6.10 Å². The Morgan fingerprint density at radius 2 is 0.938 bits per heavy atom.